The van der Waals surface area contributed by atoms with Crippen LogP contribution in [-0.4, -0.2) is 23.1 Å². The van der Waals surface area contributed by atoms with Gasteiger partial charge >= 0.3 is 5.97 Å². The van der Waals surface area contributed by atoms with Crippen LogP contribution in [0.3, 0.4) is 0 Å². The summed E-state index contributed by atoms with van der Waals surface area (Å²) in [5.74, 6) is 0.0923. The van der Waals surface area contributed by atoms with Crippen LogP contribution < -0.4 is 5.32 Å². The van der Waals surface area contributed by atoms with Crippen molar-refractivity contribution in [1.82, 2.24) is 4.57 Å². The number of hydrogen-bond donors (Lipinski definition) is 1. The number of hydrogen-bond acceptors (Lipinski definition) is 5. The molecule has 0 atom stereocenters. The standard InChI is InChI=1S/C25H24ClN3O4/c1-16-17(2)29(14-20-8-4-11-32-20)23(21(16)13-27)28-22(30)15-33-24(31)25(9-5-10-25)18-6-3-7-19(26)12-18/h3-4,6-8,11-12H,5,9-10,14-15H2,1-2H3,(H,28,30). The van der Waals surface area contributed by atoms with Crippen molar-refractivity contribution in [3.05, 3.63) is 75.8 Å². The first-order chi connectivity index (χ1) is 15.9. The number of carbonyl (C=O) groups excluding carboxylic acids is 2. The van der Waals surface area contributed by atoms with E-state index in [-0.39, 0.29) is 0 Å². The van der Waals surface area contributed by atoms with E-state index in [2.05, 4.69) is 11.4 Å². The minimum atomic E-state index is -0.768. The van der Waals surface area contributed by atoms with Crippen molar-refractivity contribution < 1.29 is 18.7 Å². The minimum Gasteiger partial charge on any atom is -0.467 e. The van der Waals surface area contributed by atoms with E-state index in [0.29, 0.717) is 41.6 Å². The molecule has 1 saturated carbocycles. The molecule has 0 spiro atoms. The Morgan fingerprint density at radius 1 is 1.27 bits per heavy atom. The van der Waals surface area contributed by atoms with E-state index in [1.165, 1.54) is 0 Å². The lowest BCUT2D eigenvalue weighted by Gasteiger charge is -2.39. The average molecular weight is 466 g/mol. The van der Waals surface area contributed by atoms with E-state index in [1.54, 1.807) is 30.5 Å². The van der Waals surface area contributed by atoms with Crippen molar-refractivity contribution in [2.75, 3.05) is 11.9 Å². The summed E-state index contributed by atoms with van der Waals surface area (Å²) in [7, 11) is 0. The molecule has 1 aliphatic carbocycles. The van der Waals surface area contributed by atoms with E-state index < -0.39 is 23.9 Å². The maximum Gasteiger partial charge on any atom is 0.317 e. The molecule has 33 heavy (non-hydrogen) atoms. The van der Waals surface area contributed by atoms with E-state index >= 15 is 0 Å². The fourth-order valence-corrected chi connectivity index (χ4v) is 4.44. The zero-order chi connectivity index (χ0) is 23.6. The topological polar surface area (TPSA) is 97.3 Å². The summed E-state index contributed by atoms with van der Waals surface area (Å²) in [6.07, 6.45) is 3.77. The number of halogens is 1. The van der Waals surface area contributed by atoms with E-state index in [9.17, 15) is 14.9 Å². The number of esters is 1. The monoisotopic (exact) mass is 465 g/mol. The molecule has 3 aromatic rings. The first-order valence-corrected chi connectivity index (χ1v) is 11.1. The summed E-state index contributed by atoms with van der Waals surface area (Å²) in [6.45, 7) is 3.61. The Bertz CT molecular complexity index is 1230. The van der Waals surface area contributed by atoms with Crippen LogP contribution in [0, 0.1) is 25.2 Å². The average Bonchev–Trinajstić information content (AvgIpc) is 3.34. The number of nitrogens with one attached hydrogen (secondary N) is 1. The number of benzene rings is 1. The van der Waals surface area contributed by atoms with Crippen LogP contribution in [0.15, 0.2) is 47.1 Å². The van der Waals surface area contributed by atoms with Crippen LogP contribution in [0.2, 0.25) is 5.02 Å². The third-order valence-corrected chi connectivity index (χ3v) is 6.64. The molecule has 0 saturated heterocycles. The van der Waals surface area contributed by atoms with E-state index in [0.717, 1.165) is 23.2 Å². The van der Waals surface area contributed by atoms with E-state index in [4.69, 9.17) is 20.8 Å². The summed E-state index contributed by atoms with van der Waals surface area (Å²) >= 11 is 6.11. The molecule has 1 N–H and O–H groups in total. The molecule has 0 aliphatic heterocycles. The highest BCUT2D eigenvalue weighted by Crippen LogP contribution is 2.45. The smallest absolute Gasteiger partial charge is 0.317 e. The zero-order valence-electron chi connectivity index (χ0n) is 18.5. The maximum absolute atomic E-state index is 13.0. The van der Waals surface area contributed by atoms with Gasteiger partial charge in [-0.2, -0.15) is 5.26 Å². The second-order valence-corrected chi connectivity index (χ2v) is 8.72. The SMILES string of the molecule is Cc1c(C#N)c(NC(=O)COC(=O)C2(c3cccc(Cl)c3)CCC2)n(Cc2ccco2)c1C. The molecular weight excluding hydrogens is 442 g/mol. The fraction of sp³-hybridized carbons (Fsp3) is 0.320. The van der Waals surface area contributed by atoms with Crippen LogP contribution in [0.5, 0.6) is 0 Å². The first-order valence-electron chi connectivity index (χ1n) is 10.7. The number of furan rings is 1. The van der Waals surface area contributed by atoms with Gasteiger partial charge in [0, 0.05) is 10.7 Å². The van der Waals surface area contributed by atoms with Gasteiger partial charge in [-0.15, -0.1) is 0 Å². The quantitative estimate of drug-likeness (QED) is 0.502. The van der Waals surface area contributed by atoms with Gasteiger partial charge in [-0.1, -0.05) is 30.2 Å². The Morgan fingerprint density at radius 3 is 2.67 bits per heavy atom. The van der Waals surface area contributed by atoms with Crippen molar-refractivity contribution in [3.63, 3.8) is 0 Å². The maximum atomic E-state index is 13.0. The molecule has 2 aromatic heterocycles. The van der Waals surface area contributed by atoms with Gasteiger partial charge in [-0.3, -0.25) is 9.59 Å². The normalized spacial score (nSPS) is 14.2. The number of aromatic nitrogens is 1. The van der Waals surface area contributed by atoms with Gasteiger partial charge in [0.2, 0.25) is 0 Å². The van der Waals surface area contributed by atoms with Gasteiger partial charge in [-0.25, -0.2) is 0 Å². The van der Waals surface area contributed by atoms with Crippen LogP contribution in [0.25, 0.3) is 0 Å². The van der Waals surface area contributed by atoms with Crippen molar-refractivity contribution in [3.8, 4) is 6.07 Å². The van der Waals surface area contributed by atoms with Gasteiger partial charge in [0.15, 0.2) is 6.61 Å². The largest absolute Gasteiger partial charge is 0.467 e. The summed E-state index contributed by atoms with van der Waals surface area (Å²) in [5, 5.41) is 13.0. The Balaban J connectivity index is 1.49. The number of amides is 1. The number of rotatable bonds is 7. The summed E-state index contributed by atoms with van der Waals surface area (Å²) < 4.78 is 12.7. The molecule has 8 heteroatoms. The van der Waals surface area contributed by atoms with Gasteiger partial charge in [0.1, 0.15) is 17.6 Å². The second kappa shape index (κ2) is 9.16. The second-order valence-electron chi connectivity index (χ2n) is 8.28. The first kappa shape index (κ1) is 22.7. The number of carbonyl (C=O) groups is 2. The molecule has 0 unspecified atom stereocenters. The van der Waals surface area contributed by atoms with Crippen LogP contribution in [-0.2, 0) is 26.3 Å². The molecule has 4 rings (SSSR count). The van der Waals surface area contributed by atoms with Crippen molar-refractivity contribution in [1.29, 1.82) is 5.26 Å². The summed E-state index contributed by atoms with van der Waals surface area (Å²) in [5.41, 5.74) is 2.01. The lowest BCUT2D eigenvalue weighted by Crippen LogP contribution is -2.44. The van der Waals surface area contributed by atoms with Gasteiger partial charge < -0.3 is 19.0 Å². The summed E-state index contributed by atoms with van der Waals surface area (Å²) in [4.78, 5) is 25.7. The highest BCUT2D eigenvalue weighted by Gasteiger charge is 2.47. The molecule has 1 amide bonds. The highest BCUT2D eigenvalue weighted by molar-refractivity contribution is 6.30. The lowest BCUT2D eigenvalue weighted by atomic mass is 9.64. The molecule has 0 radical (unpaired) electrons. The van der Waals surface area contributed by atoms with Crippen molar-refractivity contribution >= 4 is 29.3 Å². The molecule has 170 valence electrons. The highest BCUT2D eigenvalue weighted by atomic mass is 35.5. The van der Waals surface area contributed by atoms with Crippen LogP contribution >= 0.6 is 11.6 Å². The molecule has 1 aromatic carbocycles. The number of nitriles is 1. The third kappa shape index (κ3) is 4.27. The molecule has 0 bridgehead atoms. The van der Waals surface area contributed by atoms with Gasteiger partial charge in [-0.05, 0) is 62.1 Å². The number of nitrogens with zero attached hydrogens (tertiary/aromatic N) is 2. The molecule has 2 heterocycles. The molecule has 7 nitrogen and oxygen atoms in total. The Morgan fingerprint density at radius 2 is 2.06 bits per heavy atom. The molecule has 1 fully saturated rings. The fourth-order valence-electron chi connectivity index (χ4n) is 4.25. The molecule has 1 aliphatic rings. The van der Waals surface area contributed by atoms with Gasteiger partial charge in [0.05, 0.1) is 23.8 Å². The van der Waals surface area contributed by atoms with Crippen molar-refractivity contribution in [2.45, 2.75) is 45.1 Å². The summed E-state index contributed by atoms with van der Waals surface area (Å²) in [6, 6.07) is 12.9. The Kier molecular flexibility index (Phi) is 6.30. The molecular formula is C25H24ClN3O4. The predicted octanol–water partition coefficient (Wildman–Crippen LogP) is 4.87. The minimum absolute atomic E-state index is 0.356. The lowest BCUT2D eigenvalue weighted by molar-refractivity contribution is -0.156. The Labute approximate surface area is 196 Å². The number of ether oxygens (including phenoxy) is 1. The Hall–Kier alpha value is -3.50. The van der Waals surface area contributed by atoms with Crippen molar-refractivity contribution in [2.24, 2.45) is 0 Å². The van der Waals surface area contributed by atoms with E-state index in [1.807, 2.05) is 30.5 Å². The van der Waals surface area contributed by atoms with Gasteiger partial charge in [0.25, 0.3) is 5.91 Å². The van der Waals surface area contributed by atoms with Crippen LogP contribution in [0.1, 0.15) is 47.4 Å². The van der Waals surface area contributed by atoms with Crippen LogP contribution in [0.4, 0.5) is 5.82 Å². The predicted molar refractivity (Wildman–Crippen MR) is 123 cm³/mol. The zero-order valence-corrected chi connectivity index (χ0v) is 19.2. The third-order valence-electron chi connectivity index (χ3n) is 6.40. The number of anilines is 1.